The maximum absolute atomic E-state index is 10.5. The molecule has 2 aromatic carbocycles. The minimum absolute atomic E-state index is 0.578. The van der Waals surface area contributed by atoms with Crippen molar-refractivity contribution in [3.05, 3.63) is 70.3 Å². The zero-order valence-electron chi connectivity index (χ0n) is 18.4. The average Bonchev–Trinajstić information content (AvgIpc) is 2.78. The van der Waals surface area contributed by atoms with Crippen LogP contribution in [-0.2, 0) is 17.6 Å². The lowest BCUT2D eigenvalue weighted by Gasteiger charge is -2.40. The Balaban J connectivity index is 1.71. The molecule has 5 N–H and O–H groups in total. The van der Waals surface area contributed by atoms with Gasteiger partial charge in [0.1, 0.15) is 29.9 Å². The van der Waals surface area contributed by atoms with Gasteiger partial charge >= 0.3 is 0 Å². The first kappa shape index (κ1) is 24.2. The first-order chi connectivity index (χ1) is 14.9. The standard InChI is InChI=1S/C25H35NO4S/c1-16-7-12-19(24-22(28)21(27)23(29)25(30-24)31-2)15-20(16)14-18-10-8-17(9-11-18)6-4-3-5-13-26/h7-12,15,21-25,27-29H,3-6,13-14,26H2,1-2H3/t21-,22-,23+,24+,25-/m1/s1. The van der Waals surface area contributed by atoms with E-state index >= 15 is 0 Å². The Labute approximate surface area is 189 Å². The van der Waals surface area contributed by atoms with E-state index in [4.69, 9.17) is 10.5 Å². The number of unbranched alkanes of at least 4 members (excludes halogenated alkanes) is 2. The van der Waals surface area contributed by atoms with E-state index in [1.807, 2.05) is 24.5 Å². The normalized spacial score (nSPS) is 26.2. The van der Waals surface area contributed by atoms with Crippen molar-refractivity contribution in [1.29, 1.82) is 0 Å². The molecule has 5 atom stereocenters. The van der Waals surface area contributed by atoms with Crippen molar-refractivity contribution in [2.45, 2.75) is 68.9 Å². The van der Waals surface area contributed by atoms with Gasteiger partial charge in [0.2, 0.25) is 0 Å². The summed E-state index contributed by atoms with van der Waals surface area (Å²) >= 11 is 1.33. The summed E-state index contributed by atoms with van der Waals surface area (Å²) in [5.74, 6) is 0. The van der Waals surface area contributed by atoms with E-state index in [-0.39, 0.29) is 0 Å². The van der Waals surface area contributed by atoms with E-state index in [0.717, 1.165) is 36.9 Å². The van der Waals surface area contributed by atoms with Crippen molar-refractivity contribution in [2.75, 3.05) is 12.8 Å². The number of aliphatic hydroxyl groups is 3. The molecular weight excluding hydrogens is 410 g/mol. The van der Waals surface area contributed by atoms with Gasteiger partial charge in [0, 0.05) is 0 Å². The van der Waals surface area contributed by atoms with Crippen LogP contribution in [0.2, 0.25) is 0 Å². The largest absolute Gasteiger partial charge is 0.387 e. The molecule has 0 unspecified atom stereocenters. The van der Waals surface area contributed by atoms with Gasteiger partial charge in [0.05, 0.1) is 0 Å². The highest BCUT2D eigenvalue weighted by Gasteiger charge is 2.44. The van der Waals surface area contributed by atoms with Crippen LogP contribution >= 0.6 is 11.8 Å². The summed E-state index contributed by atoms with van der Waals surface area (Å²) in [6.45, 7) is 2.84. The number of thioether (sulfide) groups is 1. The highest BCUT2D eigenvalue weighted by Crippen LogP contribution is 2.36. The van der Waals surface area contributed by atoms with Crippen molar-refractivity contribution >= 4 is 11.8 Å². The molecule has 31 heavy (non-hydrogen) atoms. The fourth-order valence-corrected chi connectivity index (χ4v) is 4.74. The number of benzene rings is 2. The minimum atomic E-state index is -1.24. The van der Waals surface area contributed by atoms with Gasteiger partial charge in [-0.3, -0.25) is 0 Å². The van der Waals surface area contributed by atoms with Crippen molar-refractivity contribution in [3.8, 4) is 0 Å². The maximum atomic E-state index is 10.5. The van der Waals surface area contributed by atoms with Crippen LogP contribution in [0.4, 0.5) is 0 Å². The molecule has 6 heteroatoms. The molecule has 0 amide bonds. The quantitative estimate of drug-likeness (QED) is 0.443. The Morgan fingerprint density at radius 2 is 1.61 bits per heavy atom. The van der Waals surface area contributed by atoms with Crippen LogP contribution in [0.15, 0.2) is 42.5 Å². The molecule has 3 rings (SSSR count). The van der Waals surface area contributed by atoms with Crippen LogP contribution in [-0.4, -0.2) is 51.9 Å². The van der Waals surface area contributed by atoms with Crippen LogP contribution in [0.25, 0.3) is 0 Å². The predicted molar refractivity (Wildman–Crippen MR) is 126 cm³/mol. The molecule has 1 fully saturated rings. The Kier molecular flexibility index (Phi) is 8.95. The van der Waals surface area contributed by atoms with Crippen molar-refractivity contribution in [3.63, 3.8) is 0 Å². The minimum Gasteiger partial charge on any atom is -0.387 e. The Morgan fingerprint density at radius 3 is 2.29 bits per heavy atom. The number of aryl methyl sites for hydroxylation is 2. The van der Waals surface area contributed by atoms with E-state index in [0.29, 0.717) is 0 Å². The third kappa shape index (κ3) is 6.09. The topological polar surface area (TPSA) is 95.9 Å². The summed E-state index contributed by atoms with van der Waals surface area (Å²) in [7, 11) is 0. The zero-order valence-corrected chi connectivity index (χ0v) is 19.2. The van der Waals surface area contributed by atoms with E-state index in [1.165, 1.54) is 41.3 Å². The van der Waals surface area contributed by atoms with Crippen LogP contribution in [0.5, 0.6) is 0 Å². The molecule has 0 aromatic heterocycles. The Hall–Kier alpha value is -1.41. The second kappa shape index (κ2) is 11.5. The highest BCUT2D eigenvalue weighted by molar-refractivity contribution is 7.99. The first-order valence-corrected chi connectivity index (χ1v) is 12.3. The van der Waals surface area contributed by atoms with Gasteiger partial charge in [0.25, 0.3) is 0 Å². The lowest BCUT2D eigenvalue weighted by Crippen LogP contribution is -2.52. The molecular formula is C25H35NO4S. The summed E-state index contributed by atoms with van der Waals surface area (Å²) in [5.41, 5.74) is 10.7. The molecule has 0 radical (unpaired) electrons. The van der Waals surface area contributed by atoms with Gasteiger partial charge in [-0.05, 0) is 73.2 Å². The SMILES string of the molecule is CS[C@H]1O[C@@H](c2ccc(C)c(Cc3ccc(CCCCCN)cc3)c2)[C@H](O)[C@@H](O)[C@@H]1O. The lowest BCUT2D eigenvalue weighted by atomic mass is 9.91. The molecule has 0 saturated carbocycles. The second-order valence-electron chi connectivity index (χ2n) is 8.41. The number of nitrogens with two attached hydrogens (primary N) is 1. The molecule has 1 saturated heterocycles. The zero-order chi connectivity index (χ0) is 22.4. The van der Waals surface area contributed by atoms with Gasteiger partial charge in [-0.15, -0.1) is 11.8 Å². The van der Waals surface area contributed by atoms with Crippen molar-refractivity contribution < 1.29 is 20.1 Å². The molecule has 1 aliphatic rings. The summed E-state index contributed by atoms with van der Waals surface area (Å²) in [5, 5.41) is 30.9. The highest BCUT2D eigenvalue weighted by atomic mass is 32.2. The van der Waals surface area contributed by atoms with Gasteiger partial charge in [-0.2, -0.15) is 0 Å². The number of rotatable bonds is 9. The average molecular weight is 446 g/mol. The fourth-order valence-electron chi connectivity index (χ4n) is 4.07. The van der Waals surface area contributed by atoms with Crippen LogP contribution in [0.3, 0.4) is 0 Å². The molecule has 0 bridgehead atoms. The molecule has 170 valence electrons. The van der Waals surface area contributed by atoms with E-state index in [2.05, 4.69) is 31.2 Å². The number of hydrogen-bond acceptors (Lipinski definition) is 6. The van der Waals surface area contributed by atoms with Gasteiger partial charge in [-0.1, -0.05) is 48.9 Å². The summed E-state index contributed by atoms with van der Waals surface area (Å²) in [6.07, 6.45) is 2.90. The lowest BCUT2D eigenvalue weighted by molar-refractivity contribution is -0.200. The predicted octanol–water partition coefficient (Wildman–Crippen LogP) is 3.10. The van der Waals surface area contributed by atoms with Crippen molar-refractivity contribution in [2.24, 2.45) is 5.73 Å². The molecule has 5 nitrogen and oxygen atoms in total. The van der Waals surface area contributed by atoms with Crippen LogP contribution < -0.4 is 5.73 Å². The molecule has 1 heterocycles. The van der Waals surface area contributed by atoms with E-state index in [1.54, 1.807) is 0 Å². The maximum Gasteiger partial charge on any atom is 0.132 e. The molecule has 0 aliphatic carbocycles. The smallest absolute Gasteiger partial charge is 0.132 e. The third-order valence-electron chi connectivity index (χ3n) is 6.09. The van der Waals surface area contributed by atoms with Gasteiger partial charge < -0.3 is 25.8 Å². The van der Waals surface area contributed by atoms with Crippen LogP contribution in [0.1, 0.15) is 53.2 Å². The monoisotopic (exact) mass is 445 g/mol. The summed E-state index contributed by atoms with van der Waals surface area (Å²) in [4.78, 5) is 0. The van der Waals surface area contributed by atoms with E-state index < -0.39 is 29.9 Å². The molecule has 1 aliphatic heterocycles. The molecule has 0 spiro atoms. The number of hydrogen-bond donors (Lipinski definition) is 4. The second-order valence-corrected chi connectivity index (χ2v) is 9.35. The van der Waals surface area contributed by atoms with Gasteiger partial charge in [-0.25, -0.2) is 0 Å². The molecule has 2 aromatic rings. The fraction of sp³-hybridized carbons (Fsp3) is 0.520. The Morgan fingerprint density at radius 1 is 0.903 bits per heavy atom. The number of ether oxygens (including phenoxy) is 1. The summed E-state index contributed by atoms with van der Waals surface area (Å²) < 4.78 is 5.93. The van der Waals surface area contributed by atoms with Crippen molar-refractivity contribution in [1.82, 2.24) is 0 Å². The first-order valence-electron chi connectivity index (χ1n) is 11.0. The van der Waals surface area contributed by atoms with E-state index in [9.17, 15) is 15.3 Å². The Bertz CT molecular complexity index is 827. The number of aliphatic hydroxyl groups excluding tert-OH is 3. The van der Waals surface area contributed by atoms with Crippen LogP contribution in [0, 0.1) is 6.92 Å². The van der Waals surface area contributed by atoms with Gasteiger partial charge in [0.15, 0.2) is 0 Å². The summed E-state index contributed by atoms with van der Waals surface area (Å²) in [6, 6.07) is 14.8. The third-order valence-corrected chi connectivity index (χ3v) is 6.95.